The lowest BCUT2D eigenvalue weighted by molar-refractivity contribution is -0.138. The fourth-order valence-electron chi connectivity index (χ4n) is 3.91. The number of hydrogen-bond acceptors (Lipinski definition) is 6. The third-order valence-electron chi connectivity index (χ3n) is 5.30. The van der Waals surface area contributed by atoms with Crippen LogP contribution < -0.4 is 0 Å². The van der Waals surface area contributed by atoms with Crippen molar-refractivity contribution in [3.63, 3.8) is 0 Å². The highest BCUT2D eigenvalue weighted by Crippen LogP contribution is 2.36. The van der Waals surface area contributed by atoms with Crippen molar-refractivity contribution in [2.24, 2.45) is 9.98 Å². The summed E-state index contributed by atoms with van der Waals surface area (Å²) in [5, 5.41) is 0. The fourth-order valence-corrected chi connectivity index (χ4v) is 3.91. The SMILES string of the molecule is CC1(C)O[C@H](C2=N[C@@H](c3ccccc3)CO2)[C@@H](C2=N[C@@H](c3ccccc3)CO2)O1. The molecule has 0 spiro atoms. The highest BCUT2D eigenvalue weighted by Gasteiger charge is 2.50. The minimum atomic E-state index is -0.775. The Hall–Kier alpha value is -2.70. The van der Waals surface area contributed by atoms with Gasteiger partial charge in [0.15, 0.2) is 18.0 Å². The molecule has 2 aromatic rings. The smallest absolute Gasteiger partial charge is 0.217 e. The molecule has 0 saturated carbocycles. The van der Waals surface area contributed by atoms with Gasteiger partial charge in [0.1, 0.15) is 25.3 Å². The van der Waals surface area contributed by atoms with Gasteiger partial charge < -0.3 is 18.9 Å². The normalized spacial score (nSPS) is 30.4. The summed E-state index contributed by atoms with van der Waals surface area (Å²) in [5.74, 6) is 0.315. The molecule has 3 aliphatic heterocycles. The van der Waals surface area contributed by atoms with Crippen LogP contribution in [-0.2, 0) is 18.9 Å². The Kier molecular flexibility index (Phi) is 4.60. The van der Waals surface area contributed by atoms with E-state index in [0.29, 0.717) is 25.0 Å². The average Bonchev–Trinajstić information content (AvgIpc) is 3.47. The molecule has 0 unspecified atom stereocenters. The number of nitrogens with zero attached hydrogens (tertiary/aromatic N) is 2. The fraction of sp³-hybridized carbons (Fsp3) is 0.391. The molecule has 0 bridgehead atoms. The Labute approximate surface area is 170 Å². The van der Waals surface area contributed by atoms with Gasteiger partial charge in [-0.2, -0.15) is 0 Å². The Morgan fingerprint density at radius 1 is 0.690 bits per heavy atom. The molecule has 0 amide bonds. The predicted octanol–water partition coefficient (Wildman–Crippen LogP) is 3.85. The predicted molar refractivity (Wildman–Crippen MR) is 109 cm³/mol. The summed E-state index contributed by atoms with van der Waals surface area (Å²) in [5.41, 5.74) is 2.24. The summed E-state index contributed by atoms with van der Waals surface area (Å²) >= 11 is 0. The molecule has 5 rings (SSSR count). The lowest BCUT2D eigenvalue weighted by Crippen LogP contribution is -2.37. The maximum atomic E-state index is 6.14. The molecule has 1 saturated heterocycles. The van der Waals surface area contributed by atoms with Gasteiger partial charge in [-0.25, -0.2) is 9.98 Å². The van der Waals surface area contributed by atoms with Crippen LogP contribution in [0.5, 0.6) is 0 Å². The van der Waals surface area contributed by atoms with Gasteiger partial charge >= 0.3 is 0 Å². The Bertz CT molecular complexity index is 851. The molecule has 29 heavy (non-hydrogen) atoms. The molecule has 3 aliphatic rings. The van der Waals surface area contributed by atoms with Crippen LogP contribution in [-0.4, -0.2) is 43.0 Å². The van der Waals surface area contributed by atoms with Crippen LogP contribution in [0.15, 0.2) is 70.6 Å². The minimum Gasteiger partial charge on any atom is -0.476 e. The third kappa shape index (κ3) is 3.66. The van der Waals surface area contributed by atoms with Crippen molar-refractivity contribution >= 4 is 11.8 Å². The molecular weight excluding hydrogens is 368 g/mol. The summed E-state index contributed by atoms with van der Waals surface area (Å²) < 4.78 is 24.2. The first-order valence-corrected chi connectivity index (χ1v) is 9.95. The summed E-state index contributed by atoms with van der Waals surface area (Å²) in [6.45, 7) is 4.75. The molecule has 0 N–H and O–H groups in total. The monoisotopic (exact) mass is 392 g/mol. The number of ether oxygens (including phenoxy) is 4. The number of benzene rings is 2. The molecule has 150 valence electrons. The van der Waals surface area contributed by atoms with Gasteiger partial charge in [0.05, 0.1) is 0 Å². The summed E-state index contributed by atoms with van der Waals surface area (Å²) in [4.78, 5) is 9.57. The quantitative estimate of drug-likeness (QED) is 0.793. The van der Waals surface area contributed by atoms with Crippen molar-refractivity contribution in [2.45, 2.75) is 43.9 Å². The highest BCUT2D eigenvalue weighted by atomic mass is 16.8. The summed E-state index contributed by atoms with van der Waals surface area (Å²) in [7, 11) is 0. The van der Waals surface area contributed by atoms with Crippen molar-refractivity contribution in [3.8, 4) is 0 Å². The second-order valence-electron chi connectivity index (χ2n) is 7.89. The van der Waals surface area contributed by atoms with E-state index in [0.717, 1.165) is 11.1 Å². The molecule has 3 heterocycles. The van der Waals surface area contributed by atoms with E-state index in [-0.39, 0.29) is 12.1 Å². The topological polar surface area (TPSA) is 61.6 Å². The van der Waals surface area contributed by atoms with Crippen LogP contribution in [0.3, 0.4) is 0 Å². The zero-order valence-electron chi connectivity index (χ0n) is 16.5. The van der Waals surface area contributed by atoms with Crippen molar-refractivity contribution in [2.75, 3.05) is 13.2 Å². The first-order valence-electron chi connectivity index (χ1n) is 9.95. The third-order valence-corrected chi connectivity index (χ3v) is 5.30. The van der Waals surface area contributed by atoms with Gasteiger partial charge in [-0.1, -0.05) is 60.7 Å². The molecular formula is C23H24N2O4. The van der Waals surface area contributed by atoms with Gasteiger partial charge in [-0.05, 0) is 25.0 Å². The number of rotatable bonds is 4. The van der Waals surface area contributed by atoms with E-state index in [9.17, 15) is 0 Å². The Morgan fingerprint density at radius 3 is 1.52 bits per heavy atom. The standard InChI is InChI=1S/C23H24N2O4/c1-23(2)28-19(21-24-17(13-26-21)15-9-5-3-6-10-15)20(29-23)22-25-18(14-27-22)16-11-7-4-8-12-16/h3-12,17-20H,13-14H2,1-2H3/t17-,18-,19+,20+/m1/s1. The van der Waals surface area contributed by atoms with Crippen LogP contribution >= 0.6 is 0 Å². The van der Waals surface area contributed by atoms with Crippen molar-refractivity contribution in [3.05, 3.63) is 71.8 Å². The Morgan fingerprint density at radius 2 is 1.10 bits per heavy atom. The van der Waals surface area contributed by atoms with E-state index < -0.39 is 18.0 Å². The molecule has 0 aliphatic carbocycles. The highest BCUT2D eigenvalue weighted by molar-refractivity contribution is 5.93. The van der Waals surface area contributed by atoms with Gasteiger partial charge in [-0.15, -0.1) is 0 Å². The largest absolute Gasteiger partial charge is 0.476 e. The van der Waals surface area contributed by atoms with E-state index >= 15 is 0 Å². The first-order chi connectivity index (χ1) is 14.1. The van der Waals surface area contributed by atoms with E-state index in [2.05, 4.69) is 24.3 Å². The molecule has 0 aromatic heterocycles. The van der Waals surface area contributed by atoms with Gasteiger partial charge in [-0.3, -0.25) is 0 Å². The van der Waals surface area contributed by atoms with E-state index in [1.807, 2.05) is 50.2 Å². The average molecular weight is 392 g/mol. The number of aliphatic imine (C=N–C) groups is 2. The lowest BCUT2D eigenvalue weighted by Gasteiger charge is -2.16. The molecule has 4 atom stereocenters. The second kappa shape index (κ2) is 7.28. The van der Waals surface area contributed by atoms with Gasteiger partial charge in [0.2, 0.25) is 11.8 Å². The molecule has 2 aromatic carbocycles. The van der Waals surface area contributed by atoms with Crippen molar-refractivity contribution in [1.29, 1.82) is 0 Å². The lowest BCUT2D eigenvalue weighted by atomic mass is 10.1. The Balaban J connectivity index is 1.39. The van der Waals surface area contributed by atoms with Crippen molar-refractivity contribution in [1.82, 2.24) is 0 Å². The summed E-state index contributed by atoms with van der Waals surface area (Å²) in [6, 6.07) is 20.2. The van der Waals surface area contributed by atoms with Crippen LogP contribution in [0.25, 0.3) is 0 Å². The molecule has 6 nitrogen and oxygen atoms in total. The molecule has 6 heteroatoms. The van der Waals surface area contributed by atoms with E-state index in [1.165, 1.54) is 0 Å². The minimum absolute atomic E-state index is 0.0392. The van der Waals surface area contributed by atoms with Crippen LogP contribution in [0.1, 0.15) is 37.1 Å². The van der Waals surface area contributed by atoms with Crippen LogP contribution in [0.2, 0.25) is 0 Å². The first kappa shape index (κ1) is 18.3. The van der Waals surface area contributed by atoms with Crippen LogP contribution in [0.4, 0.5) is 0 Å². The van der Waals surface area contributed by atoms with Gasteiger partial charge in [0.25, 0.3) is 0 Å². The van der Waals surface area contributed by atoms with E-state index in [1.54, 1.807) is 0 Å². The van der Waals surface area contributed by atoms with Crippen molar-refractivity contribution < 1.29 is 18.9 Å². The van der Waals surface area contributed by atoms with Gasteiger partial charge in [0, 0.05) is 0 Å². The summed E-state index contributed by atoms with van der Waals surface area (Å²) in [6.07, 6.45) is -0.959. The maximum absolute atomic E-state index is 6.14. The zero-order chi connectivity index (χ0) is 19.8. The molecule has 1 fully saturated rings. The van der Waals surface area contributed by atoms with E-state index in [4.69, 9.17) is 28.9 Å². The zero-order valence-corrected chi connectivity index (χ0v) is 16.5. The number of hydrogen-bond donors (Lipinski definition) is 0. The molecule has 0 radical (unpaired) electrons. The van der Waals surface area contributed by atoms with Crippen LogP contribution in [0, 0.1) is 0 Å². The second-order valence-corrected chi connectivity index (χ2v) is 7.89. The maximum Gasteiger partial charge on any atom is 0.217 e.